The van der Waals surface area contributed by atoms with Gasteiger partial charge in [0.25, 0.3) is 5.88 Å². The van der Waals surface area contributed by atoms with Crippen LogP contribution in [0, 0.1) is 12.8 Å². The second kappa shape index (κ2) is 7.40. The molecule has 4 heterocycles. The van der Waals surface area contributed by atoms with Crippen LogP contribution < -0.4 is 15.4 Å². The van der Waals surface area contributed by atoms with E-state index in [4.69, 9.17) is 26.2 Å². The van der Waals surface area contributed by atoms with Gasteiger partial charge in [-0.15, -0.1) is 5.10 Å². The van der Waals surface area contributed by atoms with Crippen LogP contribution in [0.2, 0.25) is 5.02 Å². The largest absolute Gasteiger partial charge is 0.475 e. The van der Waals surface area contributed by atoms with Gasteiger partial charge in [-0.05, 0) is 38.5 Å². The maximum Gasteiger partial charge on any atom is 0.257 e. The molecule has 1 saturated carbocycles. The van der Waals surface area contributed by atoms with Crippen molar-refractivity contribution in [2.45, 2.75) is 51.1 Å². The molecular weight excluding hydrogens is 380 g/mol. The molecule has 1 saturated heterocycles. The van der Waals surface area contributed by atoms with Crippen molar-refractivity contribution < 1.29 is 9.47 Å². The maximum atomic E-state index is 6.34. The first kappa shape index (κ1) is 18.0. The molecule has 28 heavy (non-hydrogen) atoms. The quantitative estimate of drug-likeness (QED) is 0.789. The highest BCUT2D eigenvalue weighted by Gasteiger charge is 2.32. The molecule has 0 radical (unpaired) electrons. The predicted molar refractivity (Wildman–Crippen MR) is 107 cm³/mol. The highest BCUT2D eigenvalue weighted by Crippen LogP contribution is 2.38. The second-order valence-electron chi connectivity index (χ2n) is 7.79. The Morgan fingerprint density at radius 1 is 1.14 bits per heavy atom. The minimum Gasteiger partial charge on any atom is -0.475 e. The first-order valence-electron chi connectivity index (χ1n) is 10.0. The smallest absolute Gasteiger partial charge is 0.257 e. The SMILES string of the molecule is Cc1c2c(nn1C1CCOCC1)OCCC(C1CC1)Nc1nc(ncc1Cl)N2. The Labute approximate surface area is 169 Å². The molecule has 2 bridgehead atoms. The van der Waals surface area contributed by atoms with Gasteiger partial charge in [0.2, 0.25) is 5.95 Å². The molecule has 0 spiro atoms. The zero-order valence-electron chi connectivity index (χ0n) is 15.9. The molecule has 1 unspecified atom stereocenters. The van der Waals surface area contributed by atoms with E-state index in [1.807, 2.05) is 0 Å². The minimum atomic E-state index is 0.292. The summed E-state index contributed by atoms with van der Waals surface area (Å²) in [5.41, 5.74) is 1.84. The molecule has 1 atom stereocenters. The van der Waals surface area contributed by atoms with Crippen molar-refractivity contribution in [2.75, 3.05) is 30.5 Å². The monoisotopic (exact) mass is 404 g/mol. The number of fused-ring (bicyclic) bond motifs is 3. The highest BCUT2D eigenvalue weighted by atomic mass is 35.5. The van der Waals surface area contributed by atoms with E-state index in [1.54, 1.807) is 6.20 Å². The van der Waals surface area contributed by atoms with Gasteiger partial charge in [-0.25, -0.2) is 4.98 Å². The summed E-state index contributed by atoms with van der Waals surface area (Å²) in [6.45, 7) is 4.18. The highest BCUT2D eigenvalue weighted by molar-refractivity contribution is 6.32. The zero-order chi connectivity index (χ0) is 19.1. The predicted octanol–water partition coefficient (Wildman–Crippen LogP) is 3.70. The van der Waals surface area contributed by atoms with Crippen molar-refractivity contribution in [1.82, 2.24) is 19.7 Å². The molecule has 2 fully saturated rings. The van der Waals surface area contributed by atoms with Crippen molar-refractivity contribution in [3.05, 3.63) is 16.9 Å². The van der Waals surface area contributed by atoms with Gasteiger partial charge in [0.1, 0.15) is 10.7 Å². The number of hydrogen-bond donors (Lipinski definition) is 2. The van der Waals surface area contributed by atoms with Crippen LogP contribution in [0.4, 0.5) is 17.5 Å². The van der Waals surface area contributed by atoms with Gasteiger partial charge >= 0.3 is 0 Å². The van der Waals surface area contributed by atoms with Crippen molar-refractivity contribution in [3.63, 3.8) is 0 Å². The number of hydrogen-bond acceptors (Lipinski definition) is 7. The van der Waals surface area contributed by atoms with Crippen LogP contribution >= 0.6 is 11.6 Å². The molecule has 0 aromatic carbocycles. The van der Waals surface area contributed by atoms with E-state index < -0.39 is 0 Å². The third-order valence-electron chi connectivity index (χ3n) is 5.82. The van der Waals surface area contributed by atoms with Crippen molar-refractivity contribution in [1.29, 1.82) is 0 Å². The number of halogens is 1. The Balaban J connectivity index is 1.51. The Bertz CT molecular complexity index is 862. The maximum absolute atomic E-state index is 6.34. The molecule has 8 nitrogen and oxygen atoms in total. The molecular formula is C19H25ClN6O2. The Morgan fingerprint density at radius 3 is 2.75 bits per heavy atom. The van der Waals surface area contributed by atoms with Crippen LogP contribution in [0.15, 0.2) is 6.20 Å². The Morgan fingerprint density at radius 2 is 1.96 bits per heavy atom. The second-order valence-corrected chi connectivity index (χ2v) is 8.20. The third kappa shape index (κ3) is 3.51. The van der Waals surface area contributed by atoms with Gasteiger partial charge in [0, 0.05) is 25.7 Å². The summed E-state index contributed by atoms with van der Waals surface area (Å²) >= 11 is 6.34. The summed E-state index contributed by atoms with van der Waals surface area (Å²) in [5.74, 6) is 2.42. The molecule has 3 aliphatic rings. The standard InChI is InChI=1S/C19H25ClN6O2/c1-11-16-18(25-26(11)13-4-7-27-8-5-13)28-9-6-15(12-2-3-12)22-17-14(20)10-21-19(23-16)24-17/h10,12-13,15H,2-9H2,1H3,(H2,21,22,23,24). The lowest BCUT2D eigenvalue weighted by molar-refractivity contribution is 0.0652. The number of ether oxygens (including phenoxy) is 2. The van der Waals surface area contributed by atoms with Gasteiger partial charge in [-0.3, -0.25) is 4.68 Å². The molecule has 5 rings (SSSR count). The van der Waals surface area contributed by atoms with Gasteiger partial charge in [-0.1, -0.05) is 11.6 Å². The molecule has 1 aliphatic carbocycles. The Hall–Kier alpha value is -2.06. The van der Waals surface area contributed by atoms with Crippen LogP contribution in [-0.2, 0) is 4.74 Å². The van der Waals surface area contributed by atoms with Gasteiger partial charge in [0.05, 0.1) is 24.5 Å². The lowest BCUT2D eigenvalue weighted by atomic mass is 10.1. The fraction of sp³-hybridized carbons (Fsp3) is 0.632. The first-order chi connectivity index (χ1) is 13.7. The van der Waals surface area contributed by atoms with E-state index in [9.17, 15) is 0 Å². The topological polar surface area (TPSA) is 86.1 Å². The number of nitrogens with zero attached hydrogens (tertiary/aromatic N) is 4. The number of rotatable bonds is 2. The number of aromatic nitrogens is 4. The van der Waals surface area contributed by atoms with E-state index in [1.165, 1.54) is 12.8 Å². The molecule has 0 amide bonds. The molecule has 2 aromatic rings. The summed E-state index contributed by atoms with van der Waals surface area (Å²) in [7, 11) is 0. The van der Waals surface area contributed by atoms with Crippen molar-refractivity contribution in [3.8, 4) is 5.88 Å². The van der Waals surface area contributed by atoms with Gasteiger partial charge in [-0.2, -0.15) is 4.98 Å². The lowest BCUT2D eigenvalue weighted by Crippen LogP contribution is -2.25. The van der Waals surface area contributed by atoms with Crippen LogP contribution in [-0.4, -0.2) is 45.6 Å². The van der Waals surface area contributed by atoms with E-state index >= 15 is 0 Å². The molecule has 150 valence electrons. The van der Waals surface area contributed by atoms with E-state index in [-0.39, 0.29) is 0 Å². The molecule has 9 heteroatoms. The summed E-state index contributed by atoms with van der Waals surface area (Å²) in [6, 6.07) is 0.614. The third-order valence-corrected chi connectivity index (χ3v) is 6.09. The van der Waals surface area contributed by atoms with Gasteiger partial charge in [0.15, 0.2) is 5.82 Å². The fourth-order valence-corrected chi connectivity index (χ4v) is 4.19. The average molecular weight is 405 g/mol. The average Bonchev–Trinajstić information content (AvgIpc) is 3.51. The molecule has 2 N–H and O–H groups in total. The summed E-state index contributed by atoms with van der Waals surface area (Å²) in [5, 5.41) is 12.1. The van der Waals surface area contributed by atoms with Crippen molar-refractivity contribution >= 4 is 29.1 Å². The first-order valence-corrected chi connectivity index (χ1v) is 10.4. The summed E-state index contributed by atoms with van der Waals surface area (Å²) in [4.78, 5) is 8.97. The molecule has 2 aliphatic heterocycles. The van der Waals surface area contributed by atoms with E-state index in [2.05, 4.69) is 32.2 Å². The number of anilines is 3. The van der Waals surface area contributed by atoms with E-state index in [0.29, 0.717) is 47.3 Å². The van der Waals surface area contributed by atoms with Crippen LogP contribution in [0.1, 0.15) is 43.8 Å². The lowest BCUT2D eigenvalue weighted by Gasteiger charge is -2.23. The Kier molecular flexibility index (Phi) is 4.76. The van der Waals surface area contributed by atoms with Crippen molar-refractivity contribution in [2.24, 2.45) is 5.92 Å². The minimum absolute atomic E-state index is 0.292. The van der Waals surface area contributed by atoms with Crippen LogP contribution in [0.25, 0.3) is 0 Å². The molecule has 2 aromatic heterocycles. The van der Waals surface area contributed by atoms with Crippen LogP contribution in [0.5, 0.6) is 5.88 Å². The van der Waals surface area contributed by atoms with Gasteiger partial charge < -0.3 is 20.1 Å². The fourth-order valence-electron chi connectivity index (χ4n) is 4.05. The summed E-state index contributed by atoms with van der Waals surface area (Å²) in [6.07, 6.45) is 6.89. The normalized spacial score (nSPS) is 23.0. The van der Waals surface area contributed by atoms with E-state index in [0.717, 1.165) is 43.9 Å². The zero-order valence-corrected chi connectivity index (χ0v) is 16.7. The number of nitrogens with one attached hydrogen (secondary N) is 2. The summed E-state index contributed by atoms with van der Waals surface area (Å²) < 4.78 is 13.7. The van der Waals surface area contributed by atoms with Crippen LogP contribution in [0.3, 0.4) is 0 Å².